The van der Waals surface area contributed by atoms with E-state index in [0.29, 0.717) is 5.39 Å². The molecule has 2 aromatic carbocycles. The molecule has 0 atom stereocenters. The number of benzene rings is 2. The summed E-state index contributed by atoms with van der Waals surface area (Å²) in [5, 5.41) is 11.5. The zero-order valence-electron chi connectivity index (χ0n) is 9.24. The van der Waals surface area contributed by atoms with Crippen LogP contribution in [0.15, 0.2) is 34.8 Å². The van der Waals surface area contributed by atoms with Gasteiger partial charge in [0.2, 0.25) is 0 Å². The van der Waals surface area contributed by atoms with Crippen LogP contribution in [-0.2, 0) is 4.74 Å². The Morgan fingerprint density at radius 3 is 2.76 bits per heavy atom. The summed E-state index contributed by atoms with van der Waals surface area (Å²) >= 11 is 3.40. The molecule has 2 aromatic rings. The fraction of sp³-hybridized carbons (Fsp3) is 0.154. The number of phenolic OH excluding ortho intramolecular Hbond substituents is 1. The minimum Gasteiger partial charge on any atom is -0.506 e. The van der Waals surface area contributed by atoms with Gasteiger partial charge in [0.05, 0.1) is 6.61 Å². The van der Waals surface area contributed by atoms with Crippen LogP contribution in [0.2, 0.25) is 0 Å². The van der Waals surface area contributed by atoms with E-state index in [9.17, 15) is 9.90 Å². The molecule has 0 spiro atoms. The average molecular weight is 295 g/mol. The van der Waals surface area contributed by atoms with E-state index in [-0.39, 0.29) is 17.9 Å². The zero-order chi connectivity index (χ0) is 12.4. The van der Waals surface area contributed by atoms with E-state index in [1.165, 1.54) is 0 Å². The van der Waals surface area contributed by atoms with Crippen molar-refractivity contribution >= 4 is 32.7 Å². The van der Waals surface area contributed by atoms with E-state index < -0.39 is 5.97 Å². The number of hydrogen-bond donors (Lipinski definition) is 1. The second-order valence-corrected chi connectivity index (χ2v) is 4.37. The van der Waals surface area contributed by atoms with Crippen LogP contribution in [0.5, 0.6) is 5.75 Å². The number of halogens is 1. The van der Waals surface area contributed by atoms with Crippen molar-refractivity contribution in [1.82, 2.24) is 0 Å². The molecule has 3 nitrogen and oxygen atoms in total. The van der Waals surface area contributed by atoms with Crippen molar-refractivity contribution in [3.05, 3.63) is 40.4 Å². The number of fused-ring (bicyclic) bond motifs is 1. The number of rotatable bonds is 2. The van der Waals surface area contributed by atoms with Crippen molar-refractivity contribution in [2.24, 2.45) is 0 Å². The normalized spacial score (nSPS) is 10.5. The number of carbonyl (C=O) groups is 1. The maximum Gasteiger partial charge on any atom is 0.341 e. The highest BCUT2D eigenvalue weighted by atomic mass is 79.9. The Labute approximate surface area is 107 Å². The lowest BCUT2D eigenvalue weighted by Crippen LogP contribution is -2.04. The molecule has 0 fully saturated rings. The van der Waals surface area contributed by atoms with Crippen molar-refractivity contribution in [1.29, 1.82) is 0 Å². The van der Waals surface area contributed by atoms with Crippen LogP contribution in [0.4, 0.5) is 0 Å². The summed E-state index contributed by atoms with van der Waals surface area (Å²) in [6, 6.07) is 8.80. The Hall–Kier alpha value is -1.55. The Bertz CT molecular complexity index is 578. The Morgan fingerprint density at radius 2 is 2.06 bits per heavy atom. The number of aromatic hydroxyl groups is 1. The molecule has 0 aliphatic rings. The lowest BCUT2D eigenvalue weighted by Gasteiger charge is -2.08. The van der Waals surface area contributed by atoms with E-state index in [1.807, 2.05) is 6.07 Å². The second-order valence-electron chi connectivity index (χ2n) is 3.52. The van der Waals surface area contributed by atoms with Crippen LogP contribution in [0.1, 0.15) is 17.3 Å². The van der Waals surface area contributed by atoms with Gasteiger partial charge in [-0.25, -0.2) is 4.79 Å². The maximum absolute atomic E-state index is 11.6. The predicted octanol–water partition coefficient (Wildman–Crippen LogP) is 3.48. The van der Waals surface area contributed by atoms with Crippen molar-refractivity contribution < 1.29 is 14.6 Å². The highest BCUT2D eigenvalue weighted by molar-refractivity contribution is 9.10. The van der Waals surface area contributed by atoms with E-state index in [4.69, 9.17) is 4.74 Å². The van der Waals surface area contributed by atoms with Gasteiger partial charge < -0.3 is 9.84 Å². The first-order chi connectivity index (χ1) is 8.15. The first-order valence-corrected chi connectivity index (χ1v) is 6.01. The smallest absolute Gasteiger partial charge is 0.341 e. The van der Waals surface area contributed by atoms with Gasteiger partial charge in [-0.2, -0.15) is 0 Å². The number of phenols is 1. The number of carbonyl (C=O) groups excluding carboxylic acids is 1. The largest absolute Gasteiger partial charge is 0.506 e. The molecule has 1 N–H and O–H groups in total. The molecule has 0 heterocycles. The van der Waals surface area contributed by atoms with Crippen molar-refractivity contribution in [2.75, 3.05) is 6.61 Å². The van der Waals surface area contributed by atoms with Crippen LogP contribution < -0.4 is 0 Å². The third-order valence-electron chi connectivity index (χ3n) is 2.48. The lowest BCUT2D eigenvalue weighted by molar-refractivity contribution is 0.0523. The summed E-state index contributed by atoms with van der Waals surface area (Å²) < 4.78 is 5.75. The molecule has 0 radical (unpaired) electrons. The van der Waals surface area contributed by atoms with Gasteiger partial charge in [0.1, 0.15) is 11.3 Å². The van der Waals surface area contributed by atoms with Gasteiger partial charge in [-0.05, 0) is 24.4 Å². The lowest BCUT2D eigenvalue weighted by atomic mass is 10.1. The second kappa shape index (κ2) is 4.75. The van der Waals surface area contributed by atoms with Gasteiger partial charge >= 0.3 is 5.97 Å². The maximum atomic E-state index is 11.6. The molecule has 88 valence electrons. The SMILES string of the molecule is CCOC(=O)c1ccc2c(Br)cccc2c1O. The van der Waals surface area contributed by atoms with Crippen molar-refractivity contribution in [3.63, 3.8) is 0 Å². The molecule has 17 heavy (non-hydrogen) atoms. The molecule has 0 saturated carbocycles. The minimum atomic E-state index is -0.508. The molecule has 4 heteroatoms. The molecule has 2 rings (SSSR count). The molecule has 0 aliphatic heterocycles. The van der Waals surface area contributed by atoms with Crippen LogP contribution in [0.3, 0.4) is 0 Å². The topological polar surface area (TPSA) is 46.5 Å². The third-order valence-corrected chi connectivity index (χ3v) is 3.17. The first-order valence-electron chi connectivity index (χ1n) is 5.22. The van der Waals surface area contributed by atoms with E-state index in [0.717, 1.165) is 9.86 Å². The van der Waals surface area contributed by atoms with Crippen LogP contribution in [-0.4, -0.2) is 17.7 Å². The number of ether oxygens (including phenoxy) is 1. The Kier molecular flexibility index (Phi) is 3.33. The molecule has 0 saturated heterocycles. The summed E-state index contributed by atoms with van der Waals surface area (Å²) in [4.78, 5) is 11.6. The van der Waals surface area contributed by atoms with Crippen molar-refractivity contribution in [2.45, 2.75) is 6.92 Å². The van der Waals surface area contributed by atoms with Gasteiger partial charge in [0, 0.05) is 9.86 Å². The molecule has 0 bridgehead atoms. The van der Waals surface area contributed by atoms with E-state index >= 15 is 0 Å². The fourth-order valence-electron chi connectivity index (χ4n) is 1.68. The highest BCUT2D eigenvalue weighted by Crippen LogP contribution is 2.33. The molecule has 0 aromatic heterocycles. The summed E-state index contributed by atoms with van der Waals surface area (Å²) in [6.07, 6.45) is 0. The van der Waals surface area contributed by atoms with Gasteiger partial charge in [-0.3, -0.25) is 0 Å². The summed E-state index contributed by atoms with van der Waals surface area (Å²) in [5.74, 6) is -0.547. The molecular weight excluding hydrogens is 284 g/mol. The van der Waals surface area contributed by atoms with Crippen LogP contribution in [0, 0.1) is 0 Å². The Morgan fingerprint density at radius 1 is 1.29 bits per heavy atom. The molecule has 0 unspecified atom stereocenters. The number of hydrogen-bond acceptors (Lipinski definition) is 3. The van der Waals surface area contributed by atoms with Gasteiger partial charge in [-0.15, -0.1) is 0 Å². The Balaban J connectivity index is 2.62. The monoisotopic (exact) mass is 294 g/mol. The van der Waals surface area contributed by atoms with Crippen LogP contribution in [0.25, 0.3) is 10.8 Å². The number of esters is 1. The van der Waals surface area contributed by atoms with E-state index in [1.54, 1.807) is 31.2 Å². The molecule has 0 aliphatic carbocycles. The fourth-order valence-corrected chi connectivity index (χ4v) is 2.18. The van der Waals surface area contributed by atoms with E-state index in [2.05, 4.69) is 15.9 Å². The highest BCUT2D eigenvalue weighted by Gasteiger charge is 2.15. The average Bonchev–Trinajstić information content (AvgIpc) is 2.31. The zero-order valence-corrected chi connectivity index (χ0v) is 10.8. The first kappa shape index (κ1) is 11.9. The van der Waals surface area contributed by atoms with Crippen LogP contribution >= 0.6 is 15.9 Å². The van der Waals surface area contributed by atoms with Gasteiger partial charge in [0.15, 0.2) is 0 Å². The molecular formula is C13H11BrO3. The quantitative estimate of drug-likeness (QED) is 0.863. The summed E-state index contributed by atoms with van der Waals surface area (Å²) in [6.45, 7) is 2.02. The van der Waals surface area contributed by atoms with Gasteiger partial charge in [0.25, 0.3) is 0 Å². The predicted molar refractivity (Wildman–Crippen MR) is 69.3 cm³/mol. The summed E-state index contributed by atoms with van der Waals surface area (Å²) in [7, 11) is 0. The summed E-state index contributed by atoms with van der Waals surface area (Å²) in [5.41, 5.74) is 0.192. The standard InChI is InChI=1S/C13H11BrO3/c1-2-17-13(16)10-7-6-8-9(12(10)15)4-3-5-11(8)14/h3-7,15H,2H2,1H3. The third kappa shape index (κ3) is 2.13. The van der Waals surface area contributed by atoms with Gasteiger partial charge in [-0.1, -0.05) is 34.1 Å². The minimum absolute atomic E-state index is 0.0396. The molecule has 0 amide bonds. The van der Waals surface area contributed by atoms with Crippen molar-refractivity contribution in [3.8, 4) is 5.75 Å².